The molecule has 0 aliphatic carbocycles. The fraction of sp³-hybridized carbons (Fsp3) is 0.136. The molecule has 3 rings (SSSR count). The van der Waals surface area contributed by atoms with E-state index in [1.807, 2.05) is 0 Å². The summed E-state index contributed by atoms with van der Waals surface area (Å²) >= 11 is 0. The van der Waals surface area contributed by atoms with E-state index < -0.39 is 45.4 Å². The number of benzene rings is 3. The molecule has 0 fully saturated rings. The van der Waals surface area contributed by atoms with Crippen molar-refractivity contribution in [2.45, 2.75) is 17.2 Å². The van der Waals surface area contributed by atoms with E-state index in [-0.39, 0.29) is 11.4 Å². The molecule has 0 atom stereocenters. The van der Waals surface area contributed by atoms with Gasteiger partial charge in [0.25, 0.3) is 0 Å². The van der Waals surface area contributed by atoms with Crippen LogP contribution in [0.2, 0.25) is 0 Å². The Morgan fingerprint density at radius 1 is 0.800 bits per heavy atom. The number of sulfonamides is 1. The smallest absolute Gasteiger partial charge is 0.308 e. The summed E-state index contributed by atoms with van der Waals surface area (Å²) in [5, 5.41) is 4.58. The minimum Gasteiger partial charge on any atom is -0.308 e. The van der Waals surface area contributed by atoms with Crippen LogP contribution >= 0.6 is 0 Å². The van der Waals surface area contributed by atoms with E-state index in [0.717, 1.165) is 24.3 Å². The Balaban J connectivity index is 1.92. The molecule has 0 saturated heterocycles. The molecule has 0 aromatic heterocycles. The molecule has 3 aromatic carbocycles. The molecule has 0 radical (unpaired) electrons. The number of hydrogen-bond donors (Lipinski definition) is 3. The maximum Gasteiger partial charge on any atom is 0.416 e. The van der Waals surface area contributed by atoms with Gasteiger partial charge in [0, 0.05) is 11.3 Å². The van der Waals surface area contributed by atoms with Gasteiger partial charge in [-0.3, -0.25) is 0 Å². The number of halogens is 6. The lowest BCUT2D eigenvalue weighted by atomic mass is 10.0. The Hall–Kier alpha value is -3.58. The molecule has 186 valence electrons. The lowest BCUT2D eigenvalue weighted by molar-refractivity contribution is -0.137. The fourth-order valence-electron chi connectivity index (χ4n) is 2.98. The first-order chi connectivity index (χ1) is 16.2. The van der Waals surface area contributed by atoms with Gasteiger partial charge in [0.2, 0.25) is 10.0 Å². The molecule has 13 heteroatoms. The van der Waals surface area contributed by atoms with Gasteiger partial charge in [-0.05, 0) is 35.9 Å². The van der Waals surface area contributed by atoms with E-state index in [9.17, 15) is 39.6 Å². The molecular weight excluding hydrogens is 500 g/mol. The van der Waals surface area contributed by atoms with Gasteiger partial charge in [0.05, 0.1) is 16.1 Å². The Bertz CT molecular complexity index is 1310. The standard InChI is InChI=1S/C22H17F6N3O3S/c23-21(24,25)13-29-35(33,34)17-9-10-18(14-5-2-1-3-6-14)19(12-17)31-20(32)30-16-8-4-7-15(11-16)22(26,27)28/h1-12,29H,13H2,(H2,30,31,32). The highest BCUT2D eigenvalue weighted by Gasteiger charge is 2.31. The minimum atomic E-state index is -4.79. The van der Waals surface area contributed by atoms with Crippen molar-refractivity contribution in [1.29, 1.82) is 0 Å². The van der Waals surface area contributed by atoms with Gasteiger partial charge >= 0.3 is 18.4 Å². The molecule has 0 unspecified atom stereocenters. The van der Waals surface area contributed by atoms with Crippen LogP contribution in [0.15, 0.2) is 77.7 Å². The van der Waals surface area contributed by atoms with Gasteiger partial charge in [0.1, 0.15) is 6.54 Å². The minimum absolute atomic E-state index is 0.101. The highest BCUT2D eigenvalue weighted by atomic mass is 32.2. The van der Waals surface area contributed by atoms with E-state index in [0.29, 0.717) is 17.2 Å². The predicted octanol–water partition coefficient (Wildman–Crippen LogP) is 5.86. The highest BCUT2D eigenvalue weighted by molar-refractivity contribution is 7.89. The normalized spacial score (nSPS) is 12.3. The summed E-state index contributed by atoms with van der Waals surface area (Å²) in [4.78, 5) is 12.0. The lowest BCUT2D eigenvalue weighted by Gasteiger charge is -2.16. The molecule has 0 saturated carbocycles. The number of nitrogens with one attached hydrogen (secondary N) is 3. The van der Waals surface area contributed by atoms with Gasteiger partial charge in [-0.25, -0.2) is 17.9 Å². The van der Waals surface area contributed by atoms with Crippen molar-refractivity contribution >= 4 is 27.4 Å². The molecule has 6 nitrogen and oxygen atoms in total. The van der Waals surface area contributed by atoms with Crippen LogP contribution in [0.3, 0.4) is 0 Å². The molecule has 0 aliphatic rings. The van der Waals surface area contributed by atoms with Crippen LogP contribution in [0.4, 0.5) is 42.5 Å². The number of hydrogen-bond acceptors (Lipinski definition) is 3. The fourth-order valence-corrected chi connectivity index (χ4v) is 4.02. The van der Waals surface area contributed by atoms with Gasteiger partial charge in [0.15, 0.2) is 0 Å². The average Bonchev–Trinajstić information content (AvgIpc) is 2.77. The SMILES string of the molecule is O=C(Nc1cccc(C(F)(F)F)c1)Nc1cc(S(=O)(=O)NCC(F)(F)F)ccc1-c1ccccc1. The number of carbonyl (C=O) groups excluding carboxylic acids is 1. The number of rotatable bonds is 6. The Morgan fingerprint density at radius 3 is 2.11 bits per heavy atom. The molecule has 35 heavy (non-hydrogen) atoms. The molecule has 3 aromatic rings. The number of alkyl halides is 6. The van der Waals surface area contributed by atoms with E-state index >= 15 is 0 Å². The van der Waals surface area contributed by atoms with E-state index in [2.05, 4.69) is 10.6 Å². The van der Waals surface area contributed by atoms with Crippen LogP contribution in [0.5, 0.6) is 0 Å². The first-order valence-corrected chi connectivity index (χ1v) is 11.2. The molecule has 0 spiro atoms. The average molecular weight is 517 g/mol. The van der Waals surface area contributed by atoms with Crippen LogP contribution in [-0.4, -0.2) is 27.2 Å². The summed E-state index contributed by atoms with van der Waals surface area (Å²) in [6, 6.07) is 14.5. The quantitative estimate of drug-likeness (QED) is 0.358. The summed E-state index contributed by atoms with van der Waals surface area (Å²) in [7, 11) is -4.60. The predicted molar refractivity (Wildman–Crippen MR) is 117 cm³/mol. The highest BCUT2D eigenvalue weighted by Crippen LogP contribution is 2.32. The summed E-state index contributed by atoms with van der Waals surface area (Å²) in [6.45, 7) is -1.80. The zero-order valence-corrected chi connectivity index (χ0v) is 18.4. The van der Waals surface area contributed by atoms with Gasteiger partial charge < -0.3 is 10.6 Å². The van der Waals surface area contributed by atoms with Crippen LogP contribution in [0.1, 0.15) is 5.56 Å². The zero-order chi connectivity index (χ0) is 25.9. The van der Waals surface area contributed by atoms with Crippen LogP contribution in [0.25, 0.3) is 11.1 Å². The second-order valence-corrected chi connectivity index (χ2v) is 8.94. The molecule has 2 amide bonds. The summed E-state index contributed by atoms with van der Waals surface area (Å²) in [5.74, 6) is 0. The maximum absolute atomic E-state index is 12.9. The summed E-state index contributed by atoms with van der Waals surface area (Å²) in [6.07, 6.45) is -9.43. The molecular formula is C22H17F6N3O3S. The Labute approximate surface area is 196 Å². The monoisotopic (exact) mass is 517 g/mol. The lowest BCUT2D eigenvalue weighted by Crippen LogP contribution is -2.33. The van der Waals surface area contributed by atoms with Crippen molar-refractivity contribution in [2.75, 3.05) is 17.2 Å². The van der Waals surface area contributed by atoms with Gasteiger partial charge in [-0.2, -0.15) is 26.3 Å². The zero-order valence-electron chi connectivity index (χ0n) is 17.5. The van der Waals surface area contributed by atoms with Crippen molar-refractivity contribution < 1.29 is 39.6 Å². The van der Waals surface area contributed by atoms with Crippen LogP contribution in [-0.2, 0) is 16.2 Å². The summed E-state index contributed by atoms with van der Waals surface area (Å²) < 4.78 is 102. The van der Waals surface area contributed by atoms with Crippen LogP contribution < -0.4 is 15.4 Å². The van der Waals surface area contributed by atoms with Crippen molar-refractivity contribution in [2.24, 2.45) is 0 Å². The Morgan fingerprint density at radius 2 is 1.49 bits per heavy atom. The van der Waals surface area contributed by atoms with Gasteiger partial charge in [-0.15, -0.1) is 0 Å². The first kappa shape index (κ1) is 26.0. The molecule has 0 aliphatic heterocycles. The van der Waals surface area contributed by atoms with Crippen molar-refractivity contribution in [3.05, 3.63) is 78.4 Å². The largest absolute Gasteiger partial charge is 0.416 e. The van der Waals surface area contributed by atoms with E-state index in [4.69, 9.17) is 0 Å². The second kappa shape index (κ2) is 9.96. The molecule has 0 bridgehead atoms. The third-order valence-corrected chi connectivity index (χ3v) is 5.94. The van der Waals surface area contributed by atoms with Crippen molar-refractivity contribution in [1.82, 2.24) is 4.72 Å². The van der Waals surface area contributed by atoms with E-state index in [1.165, 1.54) is 16.9 Å². The number of amides is 2. The Kier molecular flexibility index (Phi) is 7.41. The third-order valence-electron chi connectivity index (χ3n) is 4.54. The molecule has 3 N–H and O–H groups in total. The van der Waals surface area contributed by atoms with Gasteiger partial charge in [-0.1, -0.05) is 42.5 Å². The number of anilines is 2. The summed E-state index contributed by atoms with van der Waals surface area (Å²) in [5.41, 5.74) is -0.428. The molecule has 0 heterocycles. The number of urea groups is 1. The van der Waals surface area contributed by atoms with E-state index in [1.54, 1.807) is 30.3 Å². The second-order valence-electron chi connectivity index (χ2n) is 7.17. The topological polar surface area (TPSA) is 87.3 Å². The first-order valence-electron chi connectivity index (χ1n) is 9.76. The van der Waals surface area contributed by atoms with Crippen LogP contribution in [0, 0.1) is 0 Å². The number of carbonyl (C=O) groups is 1. The third kappa shape index (κ3) is 7.20. The van der Waals surface area contributed by atoms with Crippen molar-refractivity contribution in [3.8, 4) is 11.1 Å². The maximum atomic E-state index is 12.9. The van der Waals surface area contributed by atoms with Crippen molar-refractivity contribution in [3.63, 3.8) is 0 Å².